The van der Waals surface area contributed by atoms with Crippen LogP contribution in [0.25, 0.3) is 0 Å². The van der Waals surface area contributed by atoms with Crippen LogP contribution < -0.4 is 10.2 Å². The molecule has 0 aromatic heterocycles. The number of nitrogens with one attached hydrogen (secondary N) is 1. The molecular weight excluding hydrogens is 232 g/mol. The first kappa shape index (κ1) is 16.0. The van der Waals surface area contributed by atoms with Gasteiger partial charge in [0.15, 0.2) is 0 Å². The van der Waals surface area contributed by atoms with Crippen LogP contribution in [0.2, 0.25) is 0 Å². The molecule has 2 nitrogen and oxygen atoms in total. The molecule has 1 atom stereocenters. The van der Waals surface area contributed by atoms with Crippen LogP contribution in [0.1, 0.15) is 46.2 Å². The fraction of sp³-hybridized carbons (Fsp3) is 0.647. The van der Waals surface area contributed by atoms with E-state index in [4.69, 9.17) is 0 Å². The molecule has 1 N–H and O–H groups in total. The molecule has 108 valence electrons. The van der Waals surface area contributed by atoms with Crippen LogP contribution in [0.4, 0.5) is 5.69 Å². The summed E-state index contributed by atoms with van der Waals surface area (Å²) in [5.74, 6) is 0.684. The third-order valence-electron chi connectivity index (χ3n) is 4.34. The molecule has 0 amide bonds. The first-order valence-electron chi connectivity index (χ1n) is 7.24. The molecule has 0 bridgehead atoms. The average Bonchev–Trinajstić information content (AvgIpc) is 2.36. The van der Waals surface area contributed by atoms with Crippen molar-refractivity contribution in [1.82, 2.24) is 5.32 Å². The van der Waals surface area contributed by atoms with E-state index in [0.717, 1.165) is 6.54 Å². The molecule has 1 rings (SSSR count). The van der Waals surface area contributed by atoms with Crippen molar-refractivity contribution >= 4 is 5.69 Å². The van der Waals surface area contributed by atoms with Gasteiger partial charge in [-0.05, 0) is 36.0 Å². The van der Waals surface area contributed by atoms with Crippen molar-refractivity contribution in [2.24, 2.45) is 11.3 Å². The van der Waals surface area contributed by atoms with E-state index in [-0.39, 0.29) is 0 Å². The minimum Gasteiger partial charge on any atom is -0.378 e. The van der Waals surface area contributed by atoms with Crippen molar-refractivity contribution in [1.29, 1.82) is 0 Å². The SMILES string of the molecule is CC(NCC(C)(C)C(C)C)c1ccc(N(C)C)cc1. The molecule has 0 spiro atoms. The molecule has 0 radical (unpaired) electrons. The summed E-state index contributed by atoms with van der Waals surface area (Å²) in [5, 5.41) is 3.66. The standard InChI is InChI=1S/C17H30N2/c1-13(2)17(4,5)12-18-14(3)15-8-10-16(11-9-15)19(6)7/h8-11,13-14,18H,12H2,1-7H3. The summed E-state index contributed by atoms with van der Waals surface area (Å²) < 4.78 is 0. The van der Waals surface area contributed by atoms with Crippen LogP contribution in [-0.4, -0.2) is 20.6 Å². The van der Waals surface area contributed by atoms with E-state index >= 15 is 0 Å². The largest absolute Gasteiger partial charge is 0.378 e. The van der Waals surface area contributed by atoms with Gasteiger partial charge in [0.25, 0.3) is 0 Å². The zero-order valence-corrected chi connectivity index (χ0v) is 13.6. The van der Waals surface area contributed by atoms with Gasteiger partial charge in [-0.1, -0.05) is 39.8 Å². The predicted octanol–water partition coefficient (Wildman–Crippen LogP) is 4.09. The summed E-state index contributed by atoms with van der Waals surface area (Å²) >= 11 is 0. The van der Waals surface area contributed by atoms with Gasteiger partial charge in [0.05, 0.1) is 0 Å². The first-order valence-corrected chi connectivity index (χ1v) is 7.24. The molecule has 19 heavy (non-hydrogen) atoms. The van der Waals surface area contributed by atoms with Crippen LogP contribution in [0, 0.1) is 11.3 Å². The van der Waals surface area contributed by atoms with Gasteiger partial charge in [-0.2, -0.15) is 0 Å². The molecule has 0 heterocycles. The lowest BCUT2D eigenvalue weighted by Crippen LogP contribution is -2.34. The zero-order chi connectivity index (χ0) is 14.6. The van der Waals surface area contributed by atoms with E-state index in [0.29, 0.717) is 17.4 Å². The Balaban J connectivity index is 2.61. The maximum absolute atomic E-state index is 3.66. The summed E-state index contributed by atoms with van der Waals surface area (Å²) in [4.78, 5) is 2.13. The number of hydrogen-bond acceptors (Lipinski definition) is 2. The number of benzene rings is 1. The van der Waals surface area contributed by atoms with Crippen molar-refractivity contribution in [3.8, 4) is 0 Å². The minimum atomic E-state index is 0.331. The molecule has 1 aromatic carbocycles. The van der Waals surface area contributed by atoms with Gasteiger partial charge in [0, 0.05) is 32.4 Å². The van der Waals surface area contributed by atoms with Gasteiger partial charge in [-0.3, -0.25) is 0 Å². The lowest BCUT2D eigenvalue weighted by Gasteiger charge is -2.31. The fourth-order valence-corrected chi connectivity index (χ4v) is 1.80. The highest BCUT2D eigenvalue weighted by atomic mass is 15.1. The van der Waals surface area contributed by atoms with Crippen LogP contribution in [-0.2, 0) is 0 Å². The predicted molar refractivity (Wildman–Crippen MR) is 85.8 cm³/mol. The highest BCUT2D eigenvalue weighted by Crippen LogP contribution is 2.26. The lowest BCUT2D eigenvalue weighted by atomic mass is 9.81. The van der Waals surface area contributed by atoms with E-state index in [1.807, 2.05) is 0 Å². The number of rotatable bonds is 6. The van der Waals surface area contributed by atoms with Crippen molar-refractivity contribution in [2.45, 2.75) is 40.7 Å². The van der Waals surface area contributed by atoms with Crippen LogP contribution >= 0.6 is 0 Å². The van der Waals surface area contributed by atoms with Gasteiger partial charge in [0.1, 0.15) is 0 Å². The molecule has 0 aliphatic heterocycles. The second kappa shape index (κ2) is 6.42. The molecule has 0 saturated heterocycles. The Morgan fingerprint density at radius 2 is 1.58 bits per heavy atom. The highest BCUT2D eigenvalue weighted by Gasteiger charge is 2.22. The fourth-order valence-electron chi connectivity index (χ4n) is 1.80. The highest BCUT2D eigenvalue weighted by molar-refractivity contribution is 5.46. The van der Waals surface area contributed by atoms with Gasteiger partial charge >= 0.3 is 0 Å². The monoisotopic (exact) mass is 262 g/mol. The van der Waals surface area contributed by atoms with E-state index < -0.39 is 0 Å². The van der Waals surface area contributed by atoms with Crippen molar-refractivity contribution in [2.75, 3.05) is 25.5 Å². The number of nitrogens with zero attached hydrogens (tertiary/aromatic N) is 1. The molecule has 0 saturated carbocycles. The Bertz CT molecular complexity index is 377. The van der Waals surface area contributed by atoms with E-state index in [1.54, 1.807) is 0 Å². The Kier molecular flexibility index (Phi) is 5.42. The topological polar surface area (TPSA) is 15.3 Å². The van der Waals surface area contributed by atoms with Crippen molar-refractivity contribution in [3.05, 3.63) is 29.8 Å². The Hall–Kier alpha value is -1.02. The van der Waals surface area contributed by atoms with Crippen LogP contribution in [0.5, 0.6) is 0 Å². The van der Waals surface area contributed by atoms with Crippen LogP contribution in [0.3, 0.4) is 0 Å². The van der Waals surface area contributed by atoms with Crippen molar-refractivity contribution < 1.29 is 0 Å². The van der Waals surface area contributed by atoms with Gasteiger partial charge < -0.3 is 10.2 Å². The molecular formula is C17H30N2. The van der Waals surface area contributed by atoms with Gasteiger partial charge in [-0.25, -0.2) is 0 Å². The van der Waals surface area contributed by atoms with Crippen molar-refractivity contribution in [3.63, 3.8) is 0 Å². The minimum absolute atomic E-state index is 0.331. The lowest BCUT2D eigenvalue weighted by molar-refractivity contribution is 0.230. The Morgan fingerprint density at radius 3 is 2.00 bits per heavy atom. The first-order chi connectivity index (χ1) is 8.74. The average molecular weight is 262 g/mol. The van der Waals surface area contributed by atoms with E-state index in [9.17, 15) is 0 Å². The van der Waals surface area contributed by atoms with Gasteiger partial charge in [0.2, 0.25) is 0 Å². The molecule has 2 heteroatoms. The normalized spacial score (nSPS) is 13.7. The maximum Gasteiger partial charge on any atom is 0.0361 e. The van der Waals surface area contributed by atoms with E-state index in [2.05, 4.69) is 83.2 Å². The quantitative estimate of drug-likeness (QED) is 0.831. The molecule has 0 aliphatic carbocycles. The molecule has 1 unspecified atom stereocenters. The maximum atomic E-state index is 3.66. The molecule has 0 aliphatic rings. The summed E-state index contributed by atoms with van der Waals surface area (Å²) in [6.45, 7) is 12.5. The molecule has 1 aromatic rings. The summed E-state index contributed by atoms with van der Waals surface area (Å²) in [5.41, 5.74) is 2.93. The Morgan fingerprint density at radius 1 is 1.05 bits per heavy atom. The van der Waals surface area contributed by atoms with E-state index in [1.165, 1.54) is 11.3 Å². The third-order valence-corrected chi connectivity index (χ3v) is 4.34. The summed E-state index contributed by atoms with van der Waals surface area (Å²) in [6, 6.07) is 9.20. The summed E-state index contributed by atoms with van der Waals surface area (Å²) in [7, 11) is 4.14. The molecule has 0 fully saturated rings. The van der Waals surface area contributed by atoms with Crippen LogP contribution in [0.15, 0.2) is 24.3 Å². The second-order valence-corrected chi connectivity index (χ2v) is 6.73. The summed E-state index contributed by atoms with van der Waals surface area (Å²) in [6.07, 6.45) is 0. The second-order valence-electron chi connectivity index (χ2n) is 6.73. The number of anilines is 1. The number of hydrogen-bond donors (Lipinski definition) is 1. The zero-order valence-electron chi connectivity index (χ0n) is 13.6. The smallest absolute Gasteiger partial charge is 0.0361 e. The Labute approximate surface area is 119 Å². The third kappa shape index (κ3) is 4.54. The van der Waals surface area contributed by atoms with Gasteiger partial charge in [-0.15, -0.1) is 0 Å².